The van der Waals surface area contributed by atoms with E-state index in [9.17, 15) is 4.79 Å². The van der Waals surface area contributed by atoms with E-state index in [1.807, 2.05) is 13.0 Å². The van der Waals surface area contributed by atoms with Crippen LogP contribution in [0, 0.1) is 0 Å². The average Bonchev–Trinajstić information content (AvgIpc) is 2.29. The third kappa shape index (κ3) is 3.24. The summed E-state index contributed by atoms with van der Waals surface area (Å²) in [4.78, 5) is 11.9. The minimum Gasteiger partial charge on any atom is -0.496 e. The summed E-state index contributed by atoms with van der Waals surface area (Å²) in [5.74, 6) is 0.423. The molecule has 0 aliphatic heterocycles. The van der Waals surface area contributed by atoms with Crippen molar-refractivity contribution >= 4 is 5.91 Å². The quantitative estimate of drug-likeness (QED) is 0.822. The number of hydrogen-bond acceptors (Lipinski definition) is 3. The molecule has 0 radical (unpaired) electrons. The van der Waals surface area contributed by atoms with Crippen molar-refractivity contribution in [1.29, 1.82) is 0 Å². The molecule has 0 spiro atoms. The van der Waals surface area contributed by atoms with Crippen LogP contribution in [0.2, 0.25) is 0 Å². The summed E-state index contributed by atoms with van der Waals surface area (Å²) >= 11 is 0. The van der Waals surface area contributed by atoms with Gasteiger partial charge < -0.3 is 14.8 Å². The van der Waals surface area contributed by atoms with Crippen LogP contribution in [0.4, 0.5) is 0 Å². The Kier molecular flexibility index (Phi) is 4.79. The number of nitrogens with one attached hydrogen (secondary N) is 1. The minimum absolute atomic E-state index is 0.0255. The number of ether oxygens (including phenoxy) is 2. The van der Waals surface area contributed by atoms with Gasteiger partial charge >= 0.3 is 0 Å². The molecule has 1 amide bonds. The van der Waals surface area contributed by atoms with Gasteiger partial charge in [0.15, 0.2) is 0 Å². The molecule has 1 N–H and O–H groups in total. The number of rotatable bonds is 5. The molecule has 0 fully saturated rings. The average molecular weight is 223 g/mol. The SMILES string of the molecule is COC[C@H](C)NC(=O)c1ccccc1OC. The topological polar surface area (TPSA) is 47.6 Å². The Morgan fingerprint density at radius 1 is 1.38 bits per heavy atom. The molecule has 1 atom stereocenters. The lowest BCUT2D eigenvalue weighted by atomic mass is 10.2. The second-order valence-electron chi connectivity index (χ2n) is 3.53. The third-order valence-electron chi connectivity index (χ3n) is 2.15. The summed E-state index contributed by atoms with van der Waals surface area (Å²) in [7, 11) is 3.15. The predicted octanol–water partition coefficient (Wildman–Crippen LogP) is 1.46. The molecule has 1 rings (SSSR count). The highest BCUT2D eigenvalue weighted by Crippen LogP contribution is 2.16. The van der Waals surface area contributed by atoms with Crippen LogP contribution < -0.4 is 10.1 Å². The van der Waals surface area contributed by atoms with Crippen molar-refractivity contribution in [3.8, 4) is 5.75 Å². The van der Waals surface area contributed by atoms with Crippen molar-refractivity contribution in [2.75, 3.05) is 20.8 Å². The number of methoxy groups -OCH3 is 2. The lowest BCUT2D eigenvalue weighted by Gasteiger charge is -2.14. The van der Waals surface area contributed by atoms with E-state index in [0.29, 0.717) is 17.9 Å². The maximum absolute atomic E-state index is 11.9. The third-order valence-corrected chi connectivity index (χ3v) is 2.15. The lowest BCUT2D eigenvalue weighted by Crippen LogP contribution is -2.35. The summed E-state index contributed by atoms with van der Waals surface area (Å²) in [6, 6.07) is 7.10. The molecule has 0 unspecified atom stereocenters. The Balaban J connectivity index is 2.72. The number of para-hydroxylation sites is 1. The second-order valence-corrected chi connectivity index (χ2v) is 3.53. The van der Waals surface area contributed by atoms with Gasteiger partial charge in [-0.1, -0.05) is 12.1 Å². The maximum Gasteiger partial charge on any atom is 0.255 e. The molecule has 0 aromatic heterocycles. The molecule has 4 heteroatoms. The number of amides is 1. The van der Waals surface area contributed by atoms with Gasteiger partial charge in [0.05, 0.1) is 19.3 Å². The molecule has 0 aliphatic rings. The van der Waals surface area contributed by atoms with E-state index in [1.54, 1.807) is 32.4 Å². The van der Waals surface area contributed by atoms with Crippen LogP contribution in [0.5, 0.6) is 5.75 Å². The molecular formula is C12H17NO3. The smallest absolute Gasteiger partial charge is 0.255 e. The molecular weight excluding hydrogens is 206 g/mol. The van der Waals surface area contributed by atoms with Crippen LogP contribution in [0.1, 0.15) is 17.3 Å². The monoisotopic (exact) mass is 223 g/mol. The van der Waals surface area contributed by atoms with E-state index in [-0.39, 0.29) is 11.9 Å². The maximum atomic E-state index is 11.9. The number of carbonyl (C=O) groups is 1. The first-order valence-electron chi connectivity index (χ1n) is 5.12. The van der Waals surface area contributed by atoms with Gasteiger partial charge in [0.1, 0.15) is 5.75 Å². The molecule has 4 nitrogen and oxygen atoms in total. The molecule has 0 bridgehead atoms. The summed E-state index contributed by atoms with van der Waals surface area (Å²) in [6.45, 7) is 2.37. The normalized spacial score (nSPS) is 11.9. The fourth-order valence-corrected chi connectivity index (χ4v) is 1.43. The lowest BCUT2D eigenvalue weighted by molar-refractivity contribution is 0.0902. The number of carbonyl (C=O) groups excluding carboxylic acids is 1. The van der Waals surface area contributed by atoms with E-state index in [1.165, 1.54) is 0 Å². The fourth-order valence-electron chi connectivity index (χ4n) is 1.43. The van der Waals surface area contributed by atoms with Crippen LogP contribution >= 0.6 is 0 Å². The van der Waals surface area contributed by atoms with Gasteiger partial charge in [-0.05, 0) is 19.1 Å². The molecule has 0 aliphatic carbocycles. The molecule has 1 aromatic carbocycles. The van der Waals surface area contributed by atoms with Crippen molar-refractivity contribution in [1.82, 2.24) is 5.32 Å². The highest BCUT2D eigenvalue weighted by molar-refractivity contribution is 5.97. The first-order chi connectivity index (χ1) is 7.69. The highest BCUT2D eigenvalue weighted by atomic mass is 16.5. The molecule has 0 saturated heterocycles. The standard InChI is InChI=1S/C12H17NO3/c1-9(8-15-2)13-12(14)10-6-4-5-7-11(10)16-3/h4-7,9H,8H2,1-3H3,(H,13,14)/t9-/m0/s1. The predicted molar refractivity (Wildman–Crippen MR) is 61.8 cm³/mol. The number of hydrogen-bond donors (Lipinski definition) is 1. The molecule has 1 aromatic rings. The van der Waals surface area contributed by atoms with Crippen LogP contribution in [0.3, 0.4) is 0 Å². The summed E-state index contributed by atoms with van der Waals surface area (Å²) in [6.07, 6.45) is 0. The van der Waals surface area contributed by atoms with Gasteiger partial charge in [-0.25, -0.2) is 0 Å². The van der Waals surface area contributed by atoms with Crippen molar-refractivity contribution in [3.63, 3.8) is 0 Å². The van der Waals surface area contributed by atoms with E-state index < -0.39 is 0 Å². The van der Waals surface area contributed by atoms with Crippen LogP contribution in [0.15, 0.2) is 24.3 Å². The van der Waals surface area contributed by atoms with Crippen LogP contribution in [-0.2, 0) is 4.74 Å². The first kappa shape index (κ1) is 12.5. The first-order valence-corrected chi connectivity index (χ1v) is 5.12. The van der Waals surface area contributed by atoms with Crippen molar-refractivity contribution in [3.05, 3.63) is 29.8 Å². The Hall–Kier alpha value is -1.55. The molecule has 0 saturated carbocycles. The Labute approximate surface area is 95.6 Å². The summed E-state index contributed by atoms with van der Waals surface area (Å²) < 4.78 is 10.1. The zero-order valence-electron chi connectivity index (χ0n) is 9.82. The van der Waals surface area contributed by atoms with Crippen LogP contribution in [-0.4, -0.2) is 32.8 Å². The highest BCUT2D eigenvalue weighted by Gasteiger charge is 2.13. The largest absolute Gasteiger partial charge is 0.496 e. The van der Waals surface area contributed by atoms with Crippen LogP contribution in [0.25, 0.3) is 0 Å². The zero-order chi connectivity index (χ0) is 12.0. The Morgan fingerprint density at radius 2 is 2.06 bits per heavy atom. The fraction of sp³-hybridized carbons (Fsp3) is 0.417. The zero-order valence-corrected chi connectivity index (χ0v) is 9.82. The second kappa shape index (κ2) is 6.12. The summed E-state index contributed by atoms with van der Waals surface area (Å²) in [5.41, 5.74) is 0.535. The van der Waals surface area contributed by atoms with Gasteiger partial charge in [0.25, 0.3) is 5.91 Å². The van der Waals surface area contributed by atoms with E-state index in [4.69, 9.17) is 9.47 Å². The Morgan fingerprint density at radius 3 is 2.69 bits per heavy atom. The van der Waals surface area contributed by atoms with Crippen molar-refractivity contribution < 1.29 is 14.3 Å². The van der Waals surface area contributed by atoms with Gasteiger partial charge in [-0.3, -0.25) is 4.79 Å². The molecule has 16 heavy (non-hydrogen) atoms. The van der Waals surface area contributed by atoms with E-state index >= 15 is 0 Å². The van der Waals surface area contributed by atoms with Gasteiger partial charge in [0.2, 0.25) is 0 Å². The summed E-state index contributed by atoms with van der Waals surface area (Å²) in [5, 5.41) is 2.83. The number of benzene rings is 1. The van der Waals surface area contributed by atoms with Crippen molar-refractivity contribution in [2.45, 2.75) is 13.0 Å². The minimum atomic E-state index is -0.151. The van der Waals surface area contributed by atoms with Gasteiger partial charge in [-0.15, -0.1) is 0 Å². The van der Waals surface area contributed by atoms with E-state index in [0.717, 1.165) is 0 Å². The van der Waals surface area contributed by atoms with Gasteiger partial charge in [0, 0.05) is 13.2 Å². The van der Waals surface area contributed by atoms with Gasteiger partial charge in [-0.2, -0.15) is 0 Å². The van der Waals surface area contributed by atoms with Crippen molar-refractivity contribution in [2.24, 2.45) is 0 Å². The Bertz CT molecular complexity index is 352. The van der Waals surface area contributed by atoms with E-state index in [2.05, 4.69) is 5.32 Å². The molecule has 88 valence electrons. The molecule has 0 heterocycles.